The molecule has 0 aliphatic rings. The van der Waals surface area contributed by atoms with Gasteiger partial charge in [0, 0.05) is 12.2 Å². The number of carbonyl (C=O) groups excluding carboxylic acids is 1. The number of aliphatic carboxylic acids is 1. The van der Waals surface area contributed by atoms with Crippen molar-refractivity contribution < 1.29 is 14.7 Å². The number of urea groups is 1. The van der Waals surface area contributed by atoms with Gasteiger partial charge in [0.15, 0.2) is 0 Å². The first-order chi connectivity index (χ1) is 10.2. The van der Waals surface area contributed by atoms with Gasteiger partial charge in [0.2, 0.25) is 0 Å². The zero-order chi connectivity index (χ0) is 15.1. The van der Waals surface area contributed by atoms with E-state index in [9.17, 15) is 9.59 Å². The number of carboxylic acids is 1. The average molecular weight is 287 g/mol. The van der Waals surface area contributed by atoms with E-state index in [-0.39, 0.29) is 18.9 Å². The lowest BCUT2D eigenvalue weighted by atomic mass is 10.3. The van der Waals surface area contributed by atoms with E-state index in [1.54, 1.807) is 30.3 Å². The van der Waals surface area contributed by atoms with Crippen molar-refractivity contribution >= 4 is 23.6 Å². The molecule has 0 aliphatic heterocycles. The maximum absolute atomic E-state index is 12.2. The highest BCUT2D eigenvalue weighted by atomic mass is 16.4. The Labute approximate surface area is 120 Å². The van der Waals surface area contributed by atoms with Gasteiger partial charge in [-0.25, -0.2) is 9.78 Å². The van der Waals surface area contributed by atoms with Crippen molar-refractivity contribution in [1.29, 1.82) is 0 Å². The van der Waals surface area contributed by atoms with Crippen molar-refractivity contribution in [3.05, 3.63) is 42.7 Å². The van der Waals surface area contributed by atoms with E-state index < -0.39 is 12.0 Å². The van der Waals surface area contributed by atoms with Crippen molar-refractivity contribution in [2.75, 3.05) is 16.8 Å². The van der Waals surface area contributed by atoms with Gasteiger partial charge in [-0.1, -0.05) is 18.2 Å². The van der Waals surface area contributed by atoms with Gasteiger partial charge < -0.3 is 5.11 Å². The van der Waals surface area contributed by atoms with Crippen LogP contribution in [0.2, 0.25) is 0 Å². The zero-order valence-electron chi connectivity index (χ0n) is 11.0. The minimum Gasteiger partial charge on any atom is -0.481 e. The number of hydrogen-bond acceptors (Lipinski definition) is 5. The Hall–Kier alpha value is -3.03. The summed E-state index contributed by atoms with van der Waals surface area (Å²) in [6.45, 7) is 0.0332. The summed E-state index contributed by atoms with van der Waals surface area (Å²) in [5.74, 6) is -0.930. The Kier molecular flexibility index (Phi) is 4.75. The molecule has 0 saturated carbocycles. The van der Waals surface area contributed by atoms with Gasteiger partial charge in [0.25, 0.3) is 5.95 Å². The molecular weight excluding hydrogens is 274 g/mol. The first-order valence-electron chi connectivity index (χ1n) is 6.16. The summed E-state index contributed by atoms with van der Waals surface area (Å²) in [7, 11) is 0. The third kappa shape index (κ3) is 4.23. The van der Waals surface area contributed by atoms with Crippen LogP contribution in [0.4, 0.5) is 16.4 Å². The van der Waals surface area contributed by atoms with Gasteiger partial charge in [-0.3, -0.25) is 15.0 Å². The Bertz CT molecular complexity index is 606. The van der Waals surface area contributed by atoms with Crippen molar-refractivity contribution in [1.82, 2.24) is 15.2 Å². The van der Waals surface area contributed by atoms with Crippen LogP contribution in [0.1, 0.15) is 6.42 Å². The highest BCUT2D eigenvalue weighted by Crippen LogP contribution is 2.15. The number of benzene rings is 1. The summed E-state index contributed by atoms with van der Waals surface area (Å²) in [6, 6.07) is 8.24. The van der Waals surface area contributed by atoms with Gasteiger partial charge in [-0.2, -0.15) is 5.10 Å². The Morgan fingerprint density at radius 1 is 1.19 bits per heavy atom. The summed E-state index contributed by atoms with van der Waals surface area (Å²) in [5, 5.41) is 18.5. The normalized spacial score (nSPS) is 9.90. The van der Waals surface area contributed by atoms with E-state index >= 15 is 0 Å². The van der Waals surface area contributed by atoms with E-state index in [1.807, 2.05) is 0 Å². The maximum atomic E-state index is 12.2. The quantitative estimate of drug-likeness (QED) is 0.860. The molecule has 0 fully saturated rings. The predicted molar refractivity (Wildman–Crippen MR) is 74.9 cm³/mol. The molecule has 8 heteroatoms. The average Bonchev–Trinajstić information content (AvgIpc) is 2.49. The molecule has 0 spiro atoms. The molecule has 2 rings (SSSR count). The summed E-state index contributed by atoms with van der Waals surface area (Å²) in [5.41, 5.74) is 0.583. The molecular formula is C13H13N5O3. The Morgan fingerprint density at radius 3 is 2.57 bits per heavy atom. The van der Waals surface area contributed by atoms with E-state index in [2.05, 4.69) is 20.5 Å². The van der Waals surface area contributed by atoms with Gasteiger partial charge in [0.1, 0.15) is 0 Å². The van der Waals surface area contributed by atoms with Crippen LogP contribution in [-0.4, -0.2) is 38.8 Å². The number of hydrogen-bond donors (Lipinski definition) is 2. The third-order valence-corrected chi connectivity index (χ3v) is 2.56. The molecule has 8 nitrogen and oxygen atoms in total. The Balaban J connectivity index is 2.14. The smallest absolute Gasteiger partial charge is 0.328 e. The molecule has 108 valence electrons. The number of nitrogens with zero attached hydrogens (tertiary/aromatic N) is 4. The standard InChI is InChI=1S/C13H13N5O3/c19-11(20)6-9-18(10-4-2-1-3-5-10)13(21)16-12-14-7-8-15-17-12/h1-5,7-8H,6,9H2,(H,19,20)(H,14,16,17,21). The number of rotatable bonds is 5. The number of carbonyl (C=O) groups is 2. The molecule has 1 aromatic carbocycles. The largest absolute Gasteiger partial charge is 0.481 e. The van der Waals surface area contributed by atoms with Crippen LogP contribution in [0, 0.1) is 0 Å². The second-order valence-corrected chi connectivity index (χ2v) is 4.03. The number of carboxylic acid groups (broad SMARTS) is 1. The molecule has 0 radical (unpaired) electrons. The molecule has 1 aromatic heterocycles. The number of aromatic nitrogens is 3. The molecule has 0 unspecified atom stereocenters. The molecule has 21 heavy (non-hydrogen) atoms. The van der Waals surface area contributed by atoms with Crippen molar-refractivity contribution in [3.8, 4) is 0 Å². The third-order valence-electron chi connectivity index (χ3n) is 2.56. The number of anilines is 2. The molecule has 0 bridgehead atoms. The second-order valence-electron chi connectivity index (χ2n) is 4.03. The van der Waals surface area contributed by atoms with Crippen LogP contribution in [0.5, 0.6) is 0 Å². The van der Waals surface area contributed by atoms with E-state index in [1.165, 1.54) is 17.3 Å². The SMILES string of the molecule is O=C(O)CCN(C(=O)Nc1nccnn1)c1ccccc1. The van der Waals surface area contributed by atoms with E-state index in [4.69, 9.17) is 5.11 Å². The topological polar surface area (TPSA) is 108 Å². The number of para-hydroxylation sites is 1. The van der Waals surface area contributed by atoms with Crippen LogP contribution in [-0.2, 0) is 4.79 Å². The van der Waals surface area contributed by atoms with Gasteiger partial charge in [-0.15, -0.1) is 5.10 Å². The number of nitrogens with one attached hydrogen (secondary N) is 1. The highest BCUT2D eigenvalue weighted by molar-refractivity contribution is 6.00. The lowest BCUT2D eigenvalue weighted by Crippen LogP contribution is -2.37. The van der Waals surface area contributed by atoms with Crippen LogP contribution >= 0.6 is 0 Å². The molecule has 0 aliphatic carbocycles. The maximum Gasteiger partial charge on any atom is 0.328 e. The van der Waals surface area contributed by atoms with Gasteiger partial charge >= 0.3 is 12.0 Å². The first kappa shape index (κ1) is 14.4. The minimum absolute atomic E-state index is 0.0332. The zero-order valence-corrected chi connectivity index (χ0v) is 11.0. The predicted octanol–water partition coefficient (Wildman–Crippen LogP) is 1.38. The molecule has 2 N–H and O–H groups in total. The van der Waals surface area contributed by atoms with Crippen LogP contribution in [0.25, 0.3) is 0 Å². The fraction of sp³-hybridized carbons (Fsp3) is 0.154. The van der Waals surface area contributed by atoms with E-state index in [0.717, 1.165) is 0 Å². The molecule has 2 amide bonds. The lowest BCUT2D eigenvalue weighted by molar-refractivity contribution is -0.136. The second kappa shape index (κ2) is 6.94. The fourth-order valence-corrected chi connectivity index (χ4v) is 1.63. The van der Waals surface area contributed by atoms with Gasteiger partial charge in [-0.05, 0) is 12.1 Å². The molecule has 2 aromatic rings. The number of amides is 2. The van der Waals surface area contributed by atoms with Crippen molar-refractivity contribution in [3.63, 3.8) is 0 Å². The fourth-order valence-electron chi connectivity index (χ4n) is 1.63. The van der Waals surface area contributed by atoms with Crippen LogP contribution in [0.15, 0.2) is 42.7 Å². The minimum atomic E-state index is -0.985. The summed E-state index contributed by atoms with van der Waals surface area (Å²) < 4.78 is 0. The molecule has 1 heterocycles. The van der Waals surface area contributed by atoms with Crippen molar-refractivity contribution in [2.45, 2.75) is 6.42 Å². The lowest BCUT2D eigenvalue weighted by Gasteiger charge is -2.21. The monoisotopic (exact) mass is 287 g/mol. The highest BCUT2D eigenvalue weighted by Gasteiger charge is 2.17. The summed E-state index contributed by atoms with van der Waals surface area (Å²) in [4.78, 5) is 28.1. The van der Waals surface area contributed by atoms with Crippen LogP contribution < -0.4 is 10.2 Å². The molecule has 0 saturated heterocycles. The van der Waals surface area contributed by atoms with E-state index in [0.29, 0.717) is 5.69 Å². The summed E-state index contributed by atoms with van der Waals surface area (Å²) >= 11 is 0. The Morgan fingerprint density at radius 2 is 1.95 bits per heavy atom. The van der Waals surface area contributed by atoms with Gasteiger partial charge in [0.05, 0.1) is 18.8 Å². The first-order valence-corrected chi connectivity index (χ1v) is 6.16. The van der Waals surface area contributed by atoms with Crippen LogP contribution in [0.3, 0.4) is 0 Å². The van der Waals surface area contributed by atoms with Crippen molar-refractivity contribution in [2.24, 2.45) is 0 Å². The summed E-state index contributed by atoms with van der Waals surface area (Å²) in [6.07, 6.45) is 2.61. The molecule has 0 atom stereocenters.